The zero-order valence-corrected chi connectivity index (χ0v) is 47.3. The number of nitrogens with zero attached hydrogens (tertiary/aromatic N) is 5. The number of ether oxygens (including phenoxy) is 2. The molecule has 6 aromatic rings. The number of carbonyl (C=O) groups is 4. The molecule has 4 amide bonds. The largest absolute Gasteiger partial charge is 0.380 e. The Morgan fingerprint density at radius 1 is 0.562 bits per heavy atom. The first-order chi connectivity index (χ1) is 38.8. The van der Waals surface area contributed by atoms with Gasteiger partial charge in [0.1, 0.15) is 19.6 Å². The van der Waals surface area contributed by atoms with Gasteiger partial charge >= 0.3 is 17.7 Å². The molecule has 0 atom stereocenters. The minimum absolute atomic E-state index is 0.00825. The summed E-state index contributed by atoms with van der Waals surface area (Å²) in [7, 11) is 0. The molecule has 0 unspecified atom stereocenters. The van der Waals surface area contributed by atoms with Gasteiger partial charge in [-0.05, 0) is 147 Å². The van der Waals surface area contributed by atoms with Gasteiger partial charge in [0, 0.05) is 72.3 Å². The molecule has 4 fully saturated rings. The van der Waals surface area contributed by atoms with Gasteiger partial charge in [-0.25, -0.2) is 0 Å². The van der Waals surface area contributed by atoms with Crippen LogP contribution in [0.5, 0.6) is 0 Å². The molecule has 4 aliphatic heterocycles. The number of aryl methyl sites for hydroxylation is 4. The number of hydrogen-bond acceptors (Lipinski definition) is 10. The maximum Gasteiger partial charge on any atom is 0.373 e. The monoisotopic (exact) mass is 1110 g/mol. The zero-order chi connectivity index (χ0) is 56.9. The third kappa shape index (κ3) is 13.7. The van der Waals surface area contributed by atoms with Crippen molar-refractivity contribution in [2.75, 3.05) is 69.4 Å². The van der Waals surface area contributed by atoms with Crippen molar-refractivity contribution in [1.29, 1.82) is 0 Å². The molecular formula is C63H73ClN6O10. The Kier molecular flexibility index (Phi) is 20.5. The first kappa shape index (κ1) is 58.9. The summed E-state index contributed by atoms with van der Waals surface area (Å²) in [5.74, 6) is 1.10. The predicted molar refractivity (Wildman–Crippen MR) is 307 cm³/mol. The Morgan fingerprint density at radius 2 is 1.02 bits per heavy atom. The van der Waals surface area contributed by atoms with Gasteiger partial charge in [0.15, 0.2) is 0 Å². The van der Waals surface area contributed by atoms with Crippen LogP contribution in [0, 0.1) is 27.7 Å². The molecule has 4 aromatic carbocycles. The molecule has 2 saturated heterocycles. The highest BCUT2D eigenvalue weighted by molar-refractivity contribution is 6.62. The first-order valence-electron chi connectivity index (χ1n) is 28.2. The number of fused-ring (bicyclic) bond motifs is 10. The highest BCUT2D eigenvalue weighted by Gasteiger charge is 2.35. The molecule has 12 rings (SSSR count). The Balaban J connectivity index is 0.000000170. The van der Waals surface area contributed by atoms with Gasteiger partial charge in [-0.3, -0.25) is 19.2 Å². The van der Waals surface area contributed by atoms with Gasteiger partial charge in [0.2, 0.25) is 17.7 Å². The molecule has 0 spiro atoms. The van der Waals surface area contributed by atoms with E-state index in [1.54, 1.807) is 9.80 Å². The molecule has 0 radical (unpaired) electrons. The van der Waals surface area contributed by atoms with Crippen LogP contribution in [0.1, 0.15) is 122 Å². The number of benzene rings is 4. The van der Waals surface area contributed by atoms with E-state index < -0.39 is 0 Å². The normalized spacial score (nSPS) is 17.3. The first-order valence-corrected chi connectivity index (χ1v) is 28.6. The summed E-state index contributed by atoms with van der Waals surface area (Å²) < 4.78 is 15.2. The van der Waals surface area contributed by atoms with E-state index in [2.05, 4.69) is 115 Å². The maximum absolute atomic E-state index is 14.0. The predicted octanol–water partition coefficient (Wildman–Crippen LogP) is 11.4. The number of nitrogens with one attached hydrogen (secondary N) is 1. The van der Waals surface area contributed by atoms with E-state index >= 15 is 0 Å². The van der Waals surface area contributed by atoms with Crippen molar-refractivity contribution in [3.8, 4) is 22.5 Å². The van der Waals surface area contributed by atoms with Crippen LogP contribution in [-0.2, 0) is 56.1 Å². The van der Waals surface area contributed by atoms with E-state index in [9.17, 15) is 19.2 Å². The second kappa shape index (κ2) is 27.8. The molecule has 2 saturated carbocycles. The molecule has 16 nitrogen and oxygen atoms in total. The number of carbonyl (C=O) groups excluding carboxylic acids is 8. The van der Waals surface area contributed by atoms with Gasteiger partial charge < -0.3 is 38.6 Å². The van der Waals surface area contributed by atoms with E-state index in [1.807, 2.05) is 4.90 Å². The smallest absolute Gasteiger partial charge is 0.373 e. The van der Waals surface area contributed by atoms with Crippen molar-refractivity contribution in [2.45, 2.75) is 130 Å². The van der Waals surface area contributed by atoms with Gasteiger partial charge in [-0.15, -0.1) is 0 Å². The Morgan fingerprint density at radius 3 is 1.57 bits per heavy atom. The molecule has 17 heteroatoms. The highest BCUT2D eigenvalue weighted by Crippen LogP contribution is 2.49. The standard InChI is InChI=1S/C31H37N3O3.C24H26N2O.C6H10ClNO2.2CO2/c1-21-9-11-24-26(17-21)34-20-29(36)33(19-28(35)32-13-6-15-37-16-14-32)27-18-22(2)10-12-25(27)31(34)30(24)23-7-4-3-5-8-23;1-15-8-10-18-20(12-15)25-22(27)14-26-21-13-16(2)9-11-19(21)23(24(18)26)17-6-4-3-5-7-17;7-6(9)8-2-1-4-10-5-3-8;2*2-1-3/h9-12,17-18,23H,3-8,13-16,19-20H2,1-2H3;8-13,17H,3-7,14H2,1-2H3,(H,25,27);1-5H2;;. The molecule has 0 bridgehead atoms. The Labute approximate surface area is 472 Å². The van der Waals surface area contributed by atoms with Gasteiger partial charge in [-0.2, -0.15) is 19.2 Å². The van der Waals surface area contributed by atoms with Crippen molar-refractivity contribution in [3.05, 3.63) is 106 Å². The fourth-order valence-corrected chi connectivity index (χ4v) is 12.7. The van der Waals surface area contributed by atoms with Crippen LogP contribution in [0.2, 0.25) is 0 Å². The summed E-state index contributed by atoms with van der Waals surface area (Å²) in [6, 6.07) is 26.3. The molecular weight excluding hydrogens is 1040 g/mol. The Hall–Kier alpha value is -7.19. The van der Waals surface area contributed by atoms with Gasteiger partial charge in [0.25, 0.3) is 0 Å². The second-order valence-electron chi connectivity index (χ2n) is 21.7. The van der Waals surface area contributed by atoms with Crippen molar-refractivity contribution < 1.29 is 47.8 Å². The lowest BCUT2D eigenvalue weighted by molar-refractivity contribution is -0.193. The lowest BCUT2D eigenvalue weighted by atomic mass is 9.81. The summed E-state index contributed by atoms with van der Waals surface area (Å²) in [5.41, 5.74) is 16.4. The van der Waals surface area contributed by atoms with E-state index in [0.29, 0.717) is 57.8 Å². The number of amides is 4. The molecule has 80 heavy (non-hydrogen) atoms. The summed E-state index contributed by atoms with van der Waals surface area (Å²) in [5, 5.41) is 5.39. The van der Waals surface area contributed by atoms with Crippen LogP contribution in [-0.4, -0.2) is 113 Å². The number of rotatable bonds is 4. The van der Waals surface area contributed by atoms with E-state index in [0.717, 1.165) is 54.0 Å². The average molecular weight is 1110 g/mol. The van der Waals surface area contributed by atoms with Crippen molar-refractivity contribution in [2.24, 2.45) is 0 Å². The lowest BCUT2D eigenvalue weighted by Gasteiger charge is -2.27. The van der Waals surface area contributed by atoms with Crippen LogP contribution in [0.15, 0.2) is 72.8 Å². The summed E-state index contributed by atoms with van der Waals surface area (Å²) >= 11 is 5.26. The molecule has 422 valence electrons. The number of halogens is 1. The third-order valence-electron chi connectivity index (χ3n) is 16.2. The minimum atomic E-state index is -0.370. The topological polar surface area (TPSA) is 187 Å². The number of hydrogen-bond donors (Lipinski definition) is 1. The van der Waals surface area contributed by atoms with E-state index in [4.69, 9.17) is 40.3 Å². The molecule has 6 aliphatic rings. The van der Waals surface area contributed by atoms with Gasteiger partial charge in [0.05, 0.1) is 36.0 Å². The molecule has 6 heterocycles. The number of anilines is 2. The minimum Gasteiger partial charge on any atom is -0.380 e. The highest BCUT2D eigenvalue weighted by atomic mass is 35.5. The fourth-order valence-electron chi connectivity index (χ4n) is 12.5. The van der Waals surface area contributed by atoms with E-state index in [-0.39, 0.29) is 48.5 Å². The third-order valence-corrected chi connectivity index (χ3v) is 16.4. The second-order valence-corrected chi connectivity index (χ2v) is 22.0. The molecule has 2 aromatic heterocycles. The van der Waals surface area contributed by atoms with E-state index in [1.165, 1.54) is 125 Å². The summed E-state index contributed by atoms with van der Waals surface area (Å²) in [6.45, 7) is 14.3. The van der Waals surface area contributed by atoms with Crippen LogP contribution in [0.4, 0.5) is 16.2 Å². The van der Waals surface area contributed by atoms with Crippen LogP contribution < -0.4 is 10.2 Å². The van der Waals surface area contributed by atoms with Crippen molar-refractivity contribution >= 4 is 80.2 Å². The maximum atomic E-state index is 14.0. The lowest BCUT2D eigenvalue weighted by Crippen LogP contribution is -2.44. The van der Waals surface area contributed by atoms with Crippen LogP contribution >= 0.6 is 11.6 Å². The van der Waals surface area contributed by atoms with Crippen LogP contribution in [0.3, 0.4) is 0 Å². The number of aromatic nitrogens is 2. The SMILES string of the molecule is Cc1ccc2c(c1)N(CC(=O)N1CCCOCC1)C(=O)Cn1c-2c(C2CCCCC2)c2ccc(C)cc21.Cc1ccc2c(c1)NC(=O)Cn1c-2c(C2CCCCC2)c2ccc(C)cc21.O=C(Cl)N1CCCOCC1.O=C=O.O=C=O. The summed E-state index contributed by atoms with van der Waals surface area (Å²) in [6.07, 6.45) is 14.9. The van der Waals surface area contributed by atoms with Crippen molar-refractivity contribution in [1.82, 2.24) is 18.9 Å². The quantitative estimate of drug-likeness (QED) is 0.131. The average Bonchev–Trinajstić information content (AvgIpc) is 3.91. The van der Waals surface area contributed by atoms with Crippen LogP contribution in [0.25, 0.3) is 44.3 Å². The Bertz CT molecular complexity index is 3260. The molecule has 1 N–H and O–H groups in total. The zero-order valence-electron chi connectivity index (χ0n) is 46.5. The fraction of sp³-hybridized carbons (Fsp3) is 0.460. The van der Waals surface area contributed by atoms with Crippen molar-refractivity contribution in [3.63, 3.8) is 0 Å². The van der Waals surface area contributed by atoms with Gasteiger partial charge in [-0.1, -0.05) is 87.1 Å². The summed E-state index contributed by atoms with van der Waals surface area (Å²) in [4.78, 5) is 88.4. The molecule has 2 aliphatic carbocycles.